The number of nitrogens with one attached hydrogen (secondary N) is 4. The van der Waals surface area contributed by atoms with Gasteiger partial charge >= 0.3 is 12.1 Å². The van der Waals surface area contributed by atoms with E-state index < -0.39 is 12.1 Å². The Morgan fingerprint density at radius 1 is 0.917 bits per heavy atom. The number of hydrogen-bond acceptors (Lipinski definition) is 4. The van der Waals surface area contributed by atoms with Crippen molar-refractivity contribution in [2.75, 3.05) is 13.1 Å². The molecule has 0 aromatic rings. The average molecular weight is 176 g/mol. The smallest absolute Gasteiger partial charge is 0.328 e. The van der Waals surface area contributed by atoms with Crippen LogP contribution in [-0.2, 0) is 0 Å². The number of amides is 4. The van der Waals surface area contributed by atoms with E-state index in [0.717, 1.165) is 0 Å². The summed E-state index contributed by atoms with van der Waals surface area (Å²) in [7, 11) is 0. The maximum absolute atomic E-state index is 10.4. The van der Waals surface area contributed by atoms with Crippen LogP contribution in [0.4, 0.5) is 9.59 Å². The molecular weight excluding hydrogens is 164 g/mol. The van der Waals surface area contributed by atoms with E-state index in [1.54, 1.807) is 0 Å². The second-order valence-electron chi connectivity index (χ2n) is 1.80. The number of carbonyl (C=O) groups excluding carboxylic acids is 2. The van der Waals surface area contributed by atoms with Gasteiger partial charge in [0.25, 0.3) is 0 Å². The number of nitrogens with two attached hydrogens (primary N) is 2. The van der Waals surface area contributed by atoms with Crippen LogP contribution < -0.4 is 33.2 Å². The van der Waals surface area contributed by atoms with Crippen LogP contribution in [0.5, 0.6) is 0 Å². The summed E-state index contributed by atoms with van der Waals surface area (Å²) in [4.78, 5) is 20.9. The van der Waals surface area contributed by atoms with Crippen molar-refractivity contribution in [1.82, 2.24) is 21.5 Å². The number of carbonyl (C=O) groups is 2. The molecule has 8 N–H and O–H groups in total. The van der Waals surface area contributed by atoms with Gasteiger partial charge in [-0.3, -0.25) is 10.9 Å². The number of rotatable bonds is 3. The topological polar surface area (TPSA) is 134 Å². The Morgan fingerprint density at radius 2 is 1.25 bits per heavy atom. The van der Waals surface area contributed by atoms with Crippen LogP contribution in [0.15, 0.2) is 0 Å². The van der Waals surface area contributed by atoms with Gasteiger partial charge in [0.2, 0.25) is 0 Å². The van der Waals surface area contributed by atoms with Crippen LogP contribution >= 0.6 is 0 Å². The van der Waals surface area contributed by atoms with Crippen LogP contribution in [0, 0.1) is 0 Å². The molecule has 0 bridgehead atoms. The molecule has 0 saturated heterocycles. The molecule has 0 aromatic carbocycles. The van der Waals surface area contributed by atoms with Crippen LogP contribution in [0.2, 0.25) is 0 Å². The zero-order valence-corrected chi connectivity index (χ0v) is 6.39. The van der Waals surface area contributed by atoms with Crippen LogP contribution in [0.1, 0.15) is 0 Å². The molecule has 0 fully saturated rings. The summed E-state index contributed by atoms with van der Waals surface area (Å²) in [6.45, 7) is 0.549. The highest BCUT2D eigenvalue weighted by molar-refractivity contribution is 5.74. The summed E-state index contributed by atoms with van der Waals surface area (Å²) in [6, 6.07) is -1.02. The third kappa shape index (κ3) is 5.26. The predicted molar refractivity (Wildman–Crippen MR) is 41.4 cm³/mol. The van der Waals surface area contributed by atoms with E-state index in [-0.39, 0.29) is 13.1 Å². The number of hydrogen-bond donors (Lipinski definition) is 6. The van der Waals surface area contributed by atoms with Gasteiger partial charge in [-0.05, 0) is 0 Å². The lowest BCUT2D eigenvalue weighted by atomic mass is 10.6. The van der Waals surface area contributed by atoms with E-state index in [9.17, 15) is 9.59 Å². The zero-order chi connectivity index (χ0) is 9.40. The Hall–Kier alpha value is -1.54. The first-order chi connectivity index (χ1) is 5.70. The van der Waals surface area contributed by atoms with Crippen molar-refractivity contribution in [3.05, 3.63) is 0 Å². The standard InChI is InChI=1S/C4H12N6O2/c5-9-3(11)7-1-2-8-4(12)10-6/h1-2,5-6H2,(H2,7,9,11)(H2,8,10,12). The lowest BCUT2D eigenvalue weighted by Gasteiger charge is -2.04. The fraction of sp³-hybridized carbons (Fsp3) is 0.500. The lowest BCUT2D eigenvalue weighted by molar-refractivity contribution is 0.237. The average Bonchev–Trinajstić information content (AvgIpc) is 2.11. The predicted octanol–water partition coefficient (Wildman–Crippen LogP) is -2.67. The first-order valence-corrected chi connectivity index (χ1v) is 3.19. The van der Waals surface area contributed by atoms with Crippen LogP contribution in [-0.4, -0.2) is 25.2 Å². The Labute approximate surface area is 69.0 Å². The molecular formula is C4H12N6O2. The largest absolute Gasteiger partial charge is 0.335 e. The minimum Gasteiger partial charge on any atom is -0.335 e. The van der Waals surface area contributed by atoms with Gasteiger partial charge < -0.3 is 10.6 Å². The van der Waals surface area contributed by atoms with Gasteiger partial charge in [0.05, 0.1) is 0 Å². The van der Waals surface area contributed by atoms with Gasteiger partial charge in [-0.1, -0.05) is 0 Å². The van der Waals surface area contributed by atoms with Crippen molar-refractivity contribution in [2.45, 2.75) is 0 Å². The van der Waals surface area contributed by atoms with Crippen molar-refractivity contribution in [3.8, 4) is 0 Å². The molecule has 4 amide bonds. The minimum absolute atomic E-state index is 0.274. The highest BCUT2D eigenvalue weighted by Crippen LogP contribution is 1.61. The quantitative estimate of drug-likeness (QED) is 0.121. The maximum Gasteiger partial charge on any atom is 0.328 e. The van der Waals surface area contributed by atoms with E-state index in [2.05, 4.69) is 10.6 Å². The second-order valence-corrected chi connectivity index (χ2v) is 1.80. The number of urea groups is 2. The maximum atomic E-state index is 10.4. The summed E-state index contributed by atoms with van der Waals surface area (Å²) >= 11 is 0. The zero-order valence-electron chi connectivity index (χ0n) is 6.39. The molecule has 0 rings (SSSR count). The molecule has 8 nitrogen and oxygen atoms in total. The molecule has 0 radical (unpaired) electrons. The first kappa shape index (κ1) is 10.5. The molecule has 0 aromatic heterocycles. The Kier molecular flexibility index (Phi) is 5.39. The fourth-order valence-corrected chi connectivity index (χ4v) is 0.454. The van der Waals surface area contributed by atoms with Gasteiger partial charge in [0.1, 0.15) is 0 Å². The van der Waals surface area contributed by atoms with E-state index in [4.69, 9.17) is 11.7 Å². The van der Waals surface area contributed by atoms with E-state index in [1.807, 2.05) is 10.9 Å². The summed E-state index contributed by atoms with van der Waals surface area (Å²) < 4.78 is 0. The first-order valence-electron chi connectivity index (χ1n) is 3.19. The highest BCUT2D eigenvalue weighted by atomic mass is 16.2. The van der Waals surface area contributed by atoms with Crippen molar-refractivity contribution < 1.29 is 9.59 Å². The van der Waals surface area contributed by atoms with Gasteiger partial charge in [0, 0.05) is 13.1 Å². The molecule has 0 heterocycles. The van der Waals surface area contributed by atoms with Gasteiger partial charge in [-0.25, -0.2) is 21.3 Å². The molecule has 0 saturated carbocycles. The molecule has 0 aliphatic carbocycles. The molecule has 8 heteroatoms. The molecule has 0 aliphatic rings. The number of hydrazine groups is 2. The molecule has 70 valence electrons. The Balaban J connectivity index is 3.21. The summed E-state index contributed by atoms with van der Waals surface area (Å²) in [5.74, 6) is 9.52. The van der Waals surface area contributed by atoms with Crippen LogP contribution in [0.3, 0.4) is 0 Å². The SMILES string of the molecule is NNC(=O)NCCNC(=O)NN. The van der Waals surface area contributed by atoms with E-state index >= 15 is 0 Å². The Morgan fingerprint density at radius 3 is 1.50 bits per heavy atom. The third-order valence-corrected chi connectivity index (χ3v) is 0.958. The van der Waals surface area contributed by atoms with E-state index in [0.29, 0.717) is 0 Å². The normalized spacial score (nSPS) is 8.50. The van der Waals surface area contributed by atoms with Crippen molar-refractivity contribution >= 4 is 12.1 Å². The van der Waals surface area contributed by atoms with E-state index in [1.165, 1.54) is 0 Å². The summed E-state index contributed by atoms with van der Waals surface area (Å²) in [5.41, 5.74) is 3.73. The van der Waals surface area contributed by atoms with Crippen molar-refractivity contribution in [2.24, 2.45) is 11.7 Å². The van der Waals surface area contributed by atoms with Gasteiger partial charge in [-0.15, -0.1) is 0 Å². The van der Waals surface area contributed by atoms with Gasteiger partial charge in [0.15, 0.2) is 0 Å². The van der Waals surface area contributed by atoms with Crippen molar-refractivity contribution in [1.29, 1.82) is 0 Å². The summed E-state index contributed by atoms with van der Waals surface area (Å²) in [5, 5.41) is 4.71. The molecule has 0 spiro atoms. The fourth-order valence-electron chi connectivity index (χ4n) is 0.454. The second kappa shape index (κ2) is 6.19. The minimum atomic E-state index is -0.509. The Bertz CT molecular complexity index is 142. The third-order valence-electron chi connectivity index (χ3n) is 0.958. The summed E-state index contributed by atoms with van der Waals surface area (Å²) in [6.07, 6.45) is 0. The monoisotopic (exact) mass is 176 g/mol. The molecule has 12 heavy (non-hydrogen) atoms. The molecule has 0 atom stereocenters. The highest BCUT2D eigenvalue weighted by Gasteiger charge is 1.96. The molecule has 0 unspecified atom stereocenters. The van der Waals surface area contributed by atoms with Crippen LogP contribution in [0.25, 0.3) is 0 Å². The van der Waals surface area contributed by atoms with Gasteiger partial charge in [-0.2, -0.15) is 0 Å². The lowest BCUT2D eigenvalue weighted by Crippen LogP contribution is -2.45. The van der Waals surface area contributed by atoms with Crippen molar-refractivity contribution in [3.63, 3.8) is 0 Å². The molecule has 0 aliphatic heterocycles.